The van der Waals surface area contributed by atoms with E-state index in [9.17, 15) is 9.90 Å². The zero-order chi connectivity index (χ0) is 13.6. The molecule has 100 valence electrons. The molecule has 3 heteroatoms. The summed E-state index contributed by atoms with van der Waals surface area (Å²) in [6.07, 6.45) is 1.32. The summed E-state index contributed by atoms with van der Waals surface area (Å²) in [6, 6.07) is 9.50. The van der Waals surface area contributed by atoms with Gasteiger partial charge < -0.3 is 9.84 Å². The Morgan fingerprint density at radius 2 is 2.00 bits per heavy atom. The third-order valence-corrected chi connectivity index (χ3v) is 3.82. The van der Waals surface area contributed by atoms with Crippen molar-refractivity contribution in [2.75, 3.05) is 13.7 Å². The van der Waals surface area contributed by atoms with E-state index in [-0.39, 0.29) is 5.92 Å². The summed E-state index contributed by atoms with van der Waals surface area (Å²) in [4.78, 5) is 11.8. The van der Waals surface area contributed by atoms with Crippen molar-refractivity contribution >= 4 is 5.97 Å². The number of hydrogen-bond donors (Lipinski definition) is 1. The van der Waals surface area contributed by atoms with Crippen molar-refractivity contribution in [1.29, 1.82) is 0 Å². The molecule has 2 unspecified atom stereocenters. The molecule has 0 radical (unpaired) electrons. The van der Waals surface area contributed by atoms with Crippen LogP contribution < -0.4 is 0 Å². The molecule has 0 aliphatic heterocycles. The summed E-state index contributed by atoms with van der Waals surface area (Å²) in [5.41, 5.74) is 0.0587. The van der Waals surface area contributed by atoms with Gasteiger partial charge >= 0.3 is 5.97 Å². The maximum absolute atomic E-state index is 11.8. The Bertz CT molecular complexity index is 375. The summed E-state index contributed by atoms with van der Waals surface area (Å²) in [5, 5.41) is 9.71. The number of ether oxygens (including phenoxy) is 1. The second-order valence-corrected chi connectivity index (χ2v) is 4.68. The second kappa shape index (κ2) is 6.55. The van der Waals surface area contributed by atoms with Gasteiger partial charge in [0, 0.05) is 13.7 Å². The molecule has 0 bridgehead atoms. The summed E-state index contributed by atoms with van der Waals surface area (Å²) in [6.45, 7) is 4.51. The normalized spacial score (nSPS) is 15.9. The Hall–Kier alpha value is -1.35. The van der Waals surface area contributed by atoms with Crippen LogP contribution in [0.1, 0.15) is 32.3 Å². The Balaban J connectivity index is 3.13. The average molecular weight is 250 g/mol. The molecule has 0 heterocycles. The number of methoxy groups -OCH3 is 1. The van der Waals surface area contributed by atoms with E-state index in [1.807, 2.05) is 44.2 Å². The van der Waals surface area contributed by atoms with Gasteiger partial charge in [-0.25, -0.2) is 0 Å². The van der Waals surface area contributed by atoms with Gasteiger partial charge in [0.05, 0.1) is 5.41 Å². The predicted octanol–water partition coefficient (Wildman–Crippen LogP) is 3.09. The van der Waals surface area contributed by atoms with Crippen LogP contribution in [0.3, 0.4) is 0 Å². The fourth-order valence-corrected chi connectivity index (χ4v) is 2.60. The first-order valence-corrected chi connectivity index (χ1v) is 6.37. The van der Waals surface area contributed by atoms with Crippen molar-refractivity contribution in [3.05, 3.63) is 35.9 Å². The van der Waals surface area contributed by atoms with Gasteiger partial charge in [0.25, 0.3) is 0 Å². The van der Waals surface area contributed by atoms with Crippen LogP contribution in [0.4, 0.5) is 0 Å². The first kappa shape index (κ1) is 14.7. The lowest BCUT2D eigenvalue weighted by Gasteiger charge is -2.35. The number of carboxylic acid groups (broad SMARTS) is 1. The number of aliphatic carboxylic acids is 1. The number of rotatable bonds is 7. The van der Waals surface area contributed by atoms with Gasteiger partial charge in [-0.05, 0) is 24.3 Å². The van der Waals surface area contributed by atoms with E-state index in [0.29, 0.717) is 13.0 Å². The van der Waals surface area contributed by atoms with E-state index in [1.54, 1.807) is 7.11 Å². The van der Waals surface area contributed by atoms with Crippen molar-refractivity contribution in [2.24, 2.45) is 5.92 Å². The minimum Gasteiger partial charge on any atom is -0.481 e. The first-order valence-electron chi connectivity index (χ1n) is 6.37. The highest BCUT2D eigenvalue weighted by Gasteiger charge is 2.43. The molecular weight excluding hydrogens is 228 g/mol. The van der Waals surface area contributed by atoms with Crippen molar-refractivity contribution in [2.45, 2.75) is 32.1 Å². The quantitative estimate of drug-likeness (QED) is 0.809. The molecule has 0 saturated carbocycles. The highest BCUT2D eigenvalue weighted by Crippen LogP contribution is 2.38. The topological polar surface area (TPSA) is 46.5 Å². The molecule has 0 saturated heterocycles. The van der Waals surface area contributed by atoms with Gasteiger partial charge in [-0.1, -0.05) is 44.2 Å². The molecule has 0 aromatic heterocycles. The highest BCUT2D eigenvalue weighted by atomic mass is 16.5. The van der Waals surface area contributed by atoms with E-state index >= 15 is 0 Å². The largest absolute Gasteiger partial charge is 0.481 e. The van der Waals surface area contributed by atoms with Crippen LogP contribution in [0.15, 0.2) is 30.3 Å². The molecule has 1 aromatic carbocycles. The molecular formula is C15H22O3. The maximum Gasteiger partial charge on any atom is 0.314 e. The van der Waals surface area contributed by atoms with Crippen LogP contribution in [0.2, 0.25) is 0 Å². The molecule has 18 heavy (non-hydrogen) atoms. The fourth-order valence-electron chi connectivity index (χ4n) is 2.60. The average Bonchev–Trinajstić information content (AvgIpc) is 2.38. The molecule has 0 aliphatic rings. The first-order chi connectivity index (χ1) is 8.59. The zero-order valence-corrected chi connectivity index (χ0v) is 11.3. The van der Waals surface area contributed by atoms with Crippen LogP contribution in [0.5, 0.6) is 0 Å². The van der Waals surface area contributed by atoms with Gasteiger partial charge in [0.1, 0.15) is 0 Å². The number of carbonyl (C=O) groups is 1. The van der Waals surface area contributed by atoms with Gasteiger partial charge in [-0.15, -0.1) is 0 Å². The highest BCUT2D eigenvalue weighted by molar-refractivity contribution is 5.81. The van der Waals surface area contributed by atoms with Gasteiger partial charge in [-0.2, -0.15) is 0 Å². The minimum absolute atomic E-state index is 0.0300. The van der Waals surface area contributed by atoms with Crippen LogP contribution in [0.25, 0.3) is 0 Å². The monoisotopic (exact) mass is 250 g/mol. The zero-order valence-electron chi connectivity index (χ0n) is 11.3. The summed E-state index contributed by atoms with van der Waals surface area (Å²) in [7, 11) is 1.64. The van der Waals surface area contributed by atoms with Crippen molar-refractivity contribution in [1.82, 2.24) is 0 Å². The van der Waals surface area contributed by atoms with E-state index in [1.165, 1.54) is 0 Å². The molecule has 0 amide bonds. The van der Waals surface area contributed by atoms with Crippen molar-refractivity contribution in [3.63, 3.8) is 0 Å². The lowest BCUT2D eigenvalue weighted by molar-refractivity contribution is -0.146. The van der Waals surface area contributed by atoms with Crippen LogP contribution in [-0.2, 0) is 14.9 Å². The summed E-state index contributed by atoms with van der Waals surface area (Å²) >= 11 is 0. The number of carboxylic acids is 1. The minimum atomic E-state index is -0.820. The Morgan fingerprint density at radius 3 is 2.44 bits per heavy atom. The van der Waals surface area contributed by atoms with E-state index in [2.05, 4.69) is 0 Å². The smallest absolute Gasteiger partial charge is 0.314 e. The van der Waals surface area contributed by atoms with Crippen LogP contribution >= 0.6 is 0 Å². The summed E-state index contributed by atoms with van der Waals surface area (Å²) < 4.78 is 5.07. The Morgan fingerprint density at radius 1 is 1.39 bits per heavy atom. The third-order valence-electron chi connectivity index (χ3n) is 3.82. The lowest BCUT2D eigenvalue weighted by Crippen LogP contribution is -2.42. The Kier molecular flexibility index (Phi) is 5.35. The third kappa shape index (κ3) is 2.72. The fraction of sp³-hybridized carbons (Fsp3) is 0.533. The van der Waals surface area contributed by atoms with Crippen LogP contribution in [-0.4, -0.2) is 24.8 Å². The van der Waals surface area contributed by atoms with E-state index in [4.69, 9.17) is 4.74 Å². The predicted molar refractivity (Wildman–Crippen MR) is 71.7 cm³/mol. The molecule has 1 aromatic rings. The van der Waals surface area contributed by atoms with Crippen molar-refractivity contribution < 1.29 is 14.6 Å². The van der Waals surface area contributed by atoms with Gasteiger partial charge in [0.15, 0.2) is 0 Å². The van der Waals surface area contributed by atoms with Gasteiger partial charge in [-0.3, -0.25) is 4.79 Å². The Labute approximate surface area is 109 Å². The van der Waals surface area contributed by atoms with E-state index < -0.39 is 11.4 Å². The number of benzene rings is 1. The van der Waals surface area contributed by atoms with Gasteiger partial charge in [0.2, 0.25) is 0 Å². The molecule has 1 rings (SSSR count). The lowest BCUT2D eigenvalue weighted by atomic mass is 9.68. The molecule has 0 fully saturated rings. The molecule has 0 aliphatic carbocycles. The van der Waals surface area contributed by atoms with Crippen molar-refractivity contribution in [3.8, 4) is 0 Å². The second-order valence-electron chi connectivity index (χ2n) is 4.68. The maximum atomic E-state index is 11.8. The standard InChI is InChI=1S/C15H22O3/c1-4-15(14(16)17,12(2)10-11-18-3)13-8-6-5-7-9-13/h5-9,12H,4,10-11H2,1-3H3,(H,16,17). The summed E-state index contributed by atoms with van der Waals surface area (Å²) in [5.74, 6) is -0.720. The molecule has 2 atom stereocenters. The van der Waals surface area contributed by atoms with E-state index in [0.717, 1.165) is 12.0 Å². The SMILES string of the molecule is CCC(C(=O)O)(c1ccccc1)C(C)CCOC. The molecule has 0 spiro atoms. The van der Waals surface area contributed by atoms with Crippen LogP contribution in [0, 0.1) is 5.92 Å². The molecule has 3 nitrogen and oxygen atoms in total. The number of hydrogen-bond acceptors (Lipinski definition) is 2. The molecule has 1 N–H and O–H groups in total.